The van der Waals surface area contributed by atoms with Crippen LogP contribution in [0.5, 0.6) is 0 Å². The Morgan fingerprint density at radius 2 is 0.734 bits per heavy atom. The number of furan rings is 1. The van der Waals surface area contributed by atoms with Crippen LogP contribution in [0.3, 0.4) is 0 Å². The number of hydrogen-bond acceptors (Lipinski definition) is 2. The zero-order valence-electron chi connectivity index (χ0n) is 43.7. The Bertz CT molecular complexity index is 4900. The number of nitrogens with zero attached hydrogens (tertiary/aromatic N) is 3. The lowest BCUT2D eigenvalue weighted by Gasteiger charge is -2.28. The summed E-state index contributed by atoms with van der Waals surface area (Å²) in [5.41, 5.74) is 24.3. The van der Waals surface area contributed by atoms with Crippen molar-refractivity contribution >= 4 is 82.6 Å². The van der Waals surface area contributed by atoms with E-state index in [1.165, 1.54) is 99.4 Å². The summed E-state index contributed by atoms with van der Waals surface area (Å²) in [6, 6.07) is 99.9. The third kappa shape index (κ3) is 7.08. The molecular formula is C75H51N3O. The summed E-state index contributed by atoms with van der Waals surface area (Å²) in [4.78, 5) is 2.41. The van der Waals surface area contributed by atoms with Crippen LogP contribution in [0.1, 0.15) is 25.0 Å². The van der Waals surface area contributed by atoms with E-state index in [1.807, 2.05) is 6.07 Å². The van der Waals surface area contributed by atoms with Crippen LogP contribution in [-0.2, 0) is 5.41 Å². The van der Waals surface area contributed by atoms with Gasteiger partial charge >= 0.3 is 0 Å². The summed E-state index contributed by atoms with van der Waals surface area (Å²) in [6.45, 7) is 4.78. The Morgan fingerprint density at radius 3 is 1.44 bits per heavy atom. The average Bonchev–Trinajstić information content (AvgIpc) is 4.43. The Morgan fingerprint density at radius 1 is 0.291 bits per heavy atom. The normalized spacial score (nSPS) is 12.8. The molecule has 3 heterocycles. The predicted molar refractivity (Wildman–Crippen MR) is 331 cm³/mol. The third-order valence-electron chi connectivity index (χ3n) is 16.9. The summed E-state index contributed by atoms with van der Waals surface area (Å²) in [5.74, 6) is 0. The molecule has 16 rings (SSSR count). The fraction of sp³-hybridized carbons (Fsp3) is 0.0400. The molecule has 0 fully saturated rings. The van der Waals surface area contributed by atoms with Crippen molar-refractivity contribution in [3.8, 4) is 55.9 Å². The van der Waals surface area contributed by atoms with Gasteiger partial charge in [0, 0.05) is 66.2 Å². The van der Waals surface area contributed by atoms with Gasteiger partial charge in [-0.1, -0.05) is 178 Å². The molecule has 1 aliphatic rings. The van der Waals surface area contributed by atoms with Gasteiger partial charge in [0.2, 0.25) is 0 Å². The van der Waals surface area contributed by atoms with Gasteiger partial charge in [0.25, 0.3) is 0 Å². The number of anilines is 3. The second-order valence-electron chi connectivity index (χ2n) is 21.7. The van der Waals surface area contributed by atoms with E-state index in [2.05, 4.69) is 295 Å². The topological polar surface area (TPSA) is 26.2 Å². The van der Waals surface area contributed by atoms with Crippen molar-refractivity contribution in [2.75, 3.05) is 4.90 Å². The lowest BCUT2D eigenvalue weighted by molar-refractivity contribution is 0.660. The molecule has 0 saturated carbocycles. The quantitative estimate of drug-likeness (QED) is 0.152. The van der Waals surface area contributed by atoms with E-state index in [-0.39, 0.29) is 5.41 Å². The van der Waals surface area contributed by atoms with Crippen molar-refractivity contribution in [2.24, 2.45) is 0 Å². The number of fused-ring (bicyclic) bond motifs is 12. The van der Waals surface area contributed by atoms with Gasteiger partial charge in [0.1, 0.15) is 11.2 Å². The fourth-order valence-corrected chi connectivity index (χ4v) is 13.0. The lowest BCUT2D eigenvalue weighted by Crippen LogP contribution is -2.16. The minimum absolute atomic E-state index is 0.261. The first-order valence-corrected chi connectivity index (χ1v) is 27.3. The van der Waals surface area contributed by atoms with Crippen molar-refractivity contribution in [3.63, 3.8) is 0 Å². The molecule has 1 aliphatic carbocycles. The highest BCUT2D eigenvalue weighted by Crippen LogP contribution is 2.52. The first kappa shape index (κ1) is 45.1. The molecule has 0 atom stereocenters. The third-order valence-corrected chi connectivity index (χ3v) is 16.9. The molecule has 15 aromatic rings. The second-order valence-corrected chi connectivity index (χ2v) is 21.7. The van der Waals surface area contributed by atoms with Crippen LogP contribution in [0.15, 0.2) is 277 Å². The summed E-state index contributed by atoms with van der Waals surface area (Å²) < 4.78 is 11.1. The highest BCUT2D eigenvalue weighted by atomic mass is 16.3. The van der Waals surface area contributed by atoms with Gasteiger partial charge in [0.15, 0.2) is 0 Å². The van der Waals surface area contributed by atoms with Crippen molar-refractivity contribution in [3.05, 3.63) is 284 Å². The van der Waals surface area contributed by atoms with Crippen LogP contribution in [0.25, 0.3) is 121 Å². The van der Waals surface area contributed by atoms with Crippen LogP contribution in [0, 0.1) is 0 Å². The van der Waals surface area contributed by atoms with E-state index >= 15 is 0 Å². The molecule has 3 aromatic heterocycles. The minimum atomic E-state index is -0.261. The van der Waals surface area contributed by atoms with Gasteiger partial charge in [-0.15, -0.1) is 0 Å². The molecule has 0 unspecified atom stereocenters. The van der Waals surface area contributed by atoms with E-state index in [0.717, 1.165) is 50.3 Å². The van der Waals surface area contributed by atoms with E-state index in [9.17, 15) is 0 Å². The van der Waals surface area contributed by atoms with Gasteiger partial charge in [-0.05, 0) is 165 Å². The molecule has 0 aliphatic heterocycles. The van der Waals surface area contributed by atoms with Crippen molar-refractivity contribution < 1.29 is 4.42 Å². The maximum Gasteiger partial charge on any atom is 0.135 e. The summed E-state index contributed by atoms with van der Waals surface area (Å²) in [6.07, 6.45) is 0. The number of benzene rings is 12. The van der Waals surface area contributed by atoms with Crippen LogP contribution < -0.4 is 4.90 Å². The second kappa shape index (κ2) is 17.4. The van der Waals surface area contributed by atoms with Crippen molar-refractivity contribution in [2.45, 2.75) is 19.3 Å². The highest BCUT2D eigenvalue weighted by Gasteiger charge is 2.36. The van der Waals surface area contributed by atoms with Gasteiger partial charge in [-0.2, -0.15) is 0 Å². The molecule has 4 nitrogen and oxygen atoms in total. The van der Waals surface area contributed by atoms with E-state index in [1.54, 1.807) is 0 Å². The van der Waals surface area contributed by atoms with Gasteiger partial charge in [-0.25, -0.2) is 0 Å². The minimum Gasteiger partial charge on any atom is -0.456 e. The number of hydrogen-bond donors (Lipinski definition) is 0. The lowest BCUT2D eigenvalue weighted by atomic mass is 9.81. The number of para-hydroxylation sites is 5. The number of aromatic nitrogens is 2. The molecule has 0 N–H and O–H groups in total. The Balaban J connectivity index is 0.751. The van der Waals surface area contributed by atoms with E-state index in [0.29, 0.717) is 0 Å². The fourth-order valence-electron chi connectivity index (χ4n) is 13.0. The zero-order valence-corrected chi connectivity index (χ0v) is 43.7. The molecule has 4 heteroatoms. The van der Waals surface area contributed by atoms with Crippen LogP contribution in [-0.4, -0.2) is 9.13 Å². The Kier molecular flexibility index (Phi) is 9.95. The molecule has 0 saturated heterocycles. The molecule has 79 heavy (non-hydrogen) atoms. The van der Waals surface area contributed by atoms with Crippen LogP contribution in [0.4, 0.5) is 17.1 Å². The first-order chi connectivity index (χ1) is 38.9. The van der Waals surface area contributed by atoms with E-state index in [4.69, 9.17) is 4.42 Å². The smallest absolute Gasteiger partial charge is 0.135 e. The van der Waals surface area contributed by atoms with Crippen molar-refractivity contribution in [1.82, 2.24) is 9.13 Å². The Hall–Kier alpha value is -10.2. The van der Waals surface area contributed by atoms with Crippen LogP contribution in [0.2, 0.25) is 0 Å². The maximum atomic E-state index is 6.36. The largest absolute Gasteiger partial charge is 0.456 e. The molecule has 0 spiro atoms. The maximum absolute atomic E-state index is 6.36. The molecule has 12 aromatic carbocycles. The van der Waals surface area contributed by atoms with Gasteiger partial charge < -0.3 is 18.5 Å². The average molecular weight is 1010 g/mol. The first-order valence-electron chi connectivity index (χ1n) is 27.3. The van der Waals surface area contributed by atoms with Crippen molar-refractivity contribution in [1.29, 1.82) is 0 Å². The van der Waals surface area contributed by atoms with Gasteiger partial charge in [0.05, 0.1) is 22.1 Å². The molecular weight excluding hydrogens is 959 g/mol. The van der Waals surface area contributed by atoms with Gasteiger partial charge in [-0.3, -0.25) is 0 Å². The Labute approximate surface area is 457 Å². The zero-order chi connectivity index (χ0) is 52.3. The van der Waals surface area contributed by atoms with Crippen LogP contribution >= 0.6 is 0 Å². The summed E-state index contributed by atoms with van der Waals surface area (Å²) >= 11 is 0. The highest BCUT2D eigenvalue weighted by molar-refractivity contribution is 6.12. The molecule has 0 radical (unpaired) electrons. The number of rotatable bonds is 8. The predicted octanol–water partition coefficient (Wildman–Crippen LogP) is 20.6. The SMILES string of the molecule is CC1(C)c2cc(-c3ccc4c(c3)c3ccccc3n4-c3ccccc3)ccc2-c2ccc(N(c3ccc(-c4ccc(-c5ccc6c7ccccc7n(-c7ccccc7)c6c5)cc4)cc3)c3ccc4oc5ccccc5c4c3)cc21. The van der Waals surface area contributed by atoms with E-state index < -0.39 is 0 Å². The molecule has 0 amide bonds. The molecule has 372 valence electrons. The molecule has 0 bridgehead atoms. The standard InChI is InChI=1S/C75H51N3O/c1-75(2)67-44-52(51-33-41-71-65(43-51)62-20-10-13-23-70(62)77(71)54-15-5-3-6-16-54)31-38-59(67)60-40-36-58(47-68(60)75)76(57-37-42-74-66(46-57)64-21-11-14-24-73(64)79-74)56-34-29-49(30-35-56)48-25-27-50(28-26-48)53-32-39-63-61-19-9-12-22-69(61)78(72(63)45-53)55-17-7-4-8-18-55/h3-47H,1-2H3. The summed E-state index contributed by atoms with van der Waals surface area (Å²) in [7, 11) is 0. The summed E-state index contributed by atoms with van der Waals surface area (Å²) in [5, 5.41) is 7.23. The monoisotopic (exact) mass is 1010 g/mol.